The van der Waals surface area contributed by atoms with Crippen LogP contribution in [0.25, 0.3) is 0 Å². The van der Waals surface area contributed by atoms with E-state index in [0.717, 1.165) is 23.3 Å². The molecule has 0 aliphatic rings. The molecule has 0 aromatic heterocycles. The van der Waals surface area contributed by atoms with Gasteiger partial charge in [-0.25, -0.2) is 9.59 Å². The number of ether oxygens (including phenoxy) is 1. The van der Waals surface area contributed by atoms with Gasteiger partial charge in [-0.05, 0) is 24.8 Å². The van der Waals surface area contributed by atoms with E-state index in [-0.39, 0.29) is 29.8 Å². The van der Waals surface area contributed by atoms with Gasteiger partial charge in [-0.1, -0.05) is 87.7 Å². The van der Waals surface area contributed by atoms with Crippen LogP contribution in [0.15, 0.2) is 30.3 Å². The predicted octanol–water partition coefficient (Wildman–Crippen LogP) is 6.70. The molecule has 1 aromatic carbocycles. The Balaban J connectivity index is 3.12. The number of nitrogens with zero attached hydrogens (tertiary/aromatic N) is 1. The molecule has 0 fully saturated rings. The van der Waals surface area contributed by atoms with Crippen LogP contribution in [-0.2, 0) is 20.7 Å². The Morgan fingerprint density at radius 3 is 2.00 bits per heavy atom. The summed E-state index contributed by atoms with van der Waals surface area (Å²) >= 11 is 2.73. The first-order valence-electron chi connectivity index (χ1n) is 10.3. The first-order valence-corrected chi connectivity index (χ1v) is 15.2. The van der Waals surface area contributed by atoms with Gasteiger partial charge in [0, 0.05) is 10.5 Å². The Kier molecular flexibility index (Phi) is 12.0. The number of benzene rings is 1. The molecule has 0 spiro atoms. The van der Waals surface area contributed by atoms with Gasteiger partial charge >= 0.3 is 12.1 Å². The summed E-state index contributed by atoms with van der Waals surface area (Å²) in [4.78, 5) is 25.9. The van der Waals surface area contributed by atoms with Gasteiger partial charge in [-0.3, -0.25) is 9.46 Å². The van der Waals surface area contributed by atoms with Gasteiger partial charge in [0.05, 0.1) is 6.29 Å². The van der Waals surface area contributed by atoms with E-state index in [9.17, 15) is 19.3 Å². The molecular weight excluding hydrogens is 441 g/mol. The van der Waals surface area contributed by atoms with E-state index in [0.29, 0.717) is 0 Å². The zero-order valence-electron chi connectivity index (χ0n) is 18.4. The summed E-state index contributed by atoms with van der Waals surface area (Å²) in [6, 6.07) is 8.11. The molecule has 0 saturated carbocycles. The monoisotopic (exact) mass is 475 g/mol. The number of aliphatic carboxylic acids is 1. The zero-order valence-corrected chi connectivity index (χ0v) is 21.0. The molecular formula is C21H34NO5PS2. The van der Waals surface area contributed by atoms with Crippen LogP contribution < -0.4 is 0 Å². The minimum Gasteiger partial charge on any atom is -0.480 e. The second-order valence-electron chi connectivity index (χ2n) is 7.17. The second kappa shape index (κ2) is 13.3. The van der Waals surface area contributed by atoms with E-state index < -0.39 is 23.7 Å². The maximum Gasteiger partial charge on any atom is 0.411 e. The van der Waals surface area contributed by atoms with Crippen LogP contribution in [0, 0.1) is 0 Å². The third-order valence-corrected chi connectivity index (χ3v) is 13.7. The highest BCUT2D eigenvalue weighted by Crippen LogP contribution is 2.72. The van der Waals surface area contributed by atoms with Crippen molar-refractivity contribution in [1.29, 1.82) is 0 Å². The molecule has 0 heterocycles. The maximum absolute atomic E-state index is 13.9. The molecule has 3 unspecified atom stereocenters. The molecule has 30 heavy (non-hydrogen) atoms. The SMILES string of the molecule is CCC(C)SP(=O)(CN(C(=O)OCc1ccccc1)C(CC)C(=O)O)SC(C)CC. The quantitative estimate of drug-likeness (QED) is 0.318. The fraction of sp³-hybridized carbons (Fsp3) is 0.619. The number of carbonyl (C=O) groups is 2. The normalized spacial score (nSPS) is 16.2. The summed E-state index contributed by atoms with van der Waals surface area (Å²) < 4.78 is 19.3. The number of carboxylic acid groups (broad SMARTS) is 1. The number of carbonyl (C=O) groups excluding carboxylic acids is 1. The van der Waals surface area contributed by atoms with Crippen molar-refractivity contribution in [1.82, 2.24) is 4.90 Å². The number of carboxylic acids is 1. The molecule has 6 nitrogen and oxygen atoms in total. The van der Waals surface area contributed by atoms with E-state index in [1.165, 1.54) is 22.8 Å². The highest BCUT2D eigenvalue weighted by atomic mass is 33.1. The van der Waals surface area contributed by atoms with Crippen LogP contribution in [0.2, 0.25) is 0 Å². The molecule has 0 bridgehead atoms. The minimum atomic E-state index is -2.98. The minimum absolute atomic E-state index is 0.0353. The van der Waals surface area contributed by atoms with Gasteiger partial charge in [-0.2, -0.15) is 0 Å². The molecule has 3 atom stereocenters. The molecule has 1 N–H and O–H groups in total. The first kappa shape index (κ1) is 26.9. The van der Waals surface area contributed by atoms with Gasteiger partial charge in [0.2, 0.25) is 5.55 Å². The molecule has 170 valence electrons. The molecule has 0 radical (unpaired) electrons. The van der Waals surface area contributed by atoms with E-state index in [2.05, 4.69) is 0 Å². The summed E-state index contributed by atoms with van der Waals surface area (Å²) in [5, 5.41) is 9.95. The van der Waals surface area contributed by atoms with E-state index >= 15 is 0 Å². The van der Waals surface area contributed by atoms with Crippen molar-refractivity contribution in [3.8, 4) is 0 Å². The highest BCUT2D eigenvalue weighted by Gasteiger charge is 2.38. The van der Waals surface area contributed by atoms with Gasteiger partial charge in [-0.15, -0.1) is 0 Å². The Morgan fingerprint density at radius 1 is 1.03 bits per heavy atom. The van der Waals surface area contributed by atoms with Gasteiger partial charge in [0.1, 0.15) is 12.6 Å². The first-order chi connectivity index (χ1) is 14.2. The van der Waals surface area contributed by atoms with E-state index in [1.54, 1.807) is 6.92 Å². The summed E-state index contributed by atoms with van der Waals surface area (Å²) in [6.07, 6.45) is 1.00. The molecule has 1 amide bonds. The van der Waals surface area contributed by atoms with Crippen molar-refractivity contribution in [3.05, 3.63) is 35.9 Å². The van der Waals surface area contributed by atoms with Crippen LogP contribution >= 0.6 is 28.3 Å². The number of rotatable bonds is 13. The molecule has 1 rings (SSSR count). The Bertz CT molecular complexity index is 703. The summed E-state index contributed by atoms with van der Waals surface area (Å²) in [7, 11) is 0. The summed E-state index contributed by atoms with van der Waals surface area (Å²) in [5.74, 6) is -1.12. The zero-order chi connectivity index (χ0) is 22.7. The lowest BCUT2D eigenvalue weighted by atomic mass is 10.2. The maximum atomic E-state index is 13.9. The third kappa shape index (κ3) is 8.94. The Hall–Kier alpha value is -1.11. The summed E-state index contributed by atoms with van der Waals surface area (Å²) in [6.45, 7) is 9.78. The van der Waals surface area contributed by atoms with Crippen molar-refractivity contribution in [2.75, 3.05) is 6.29 Å². The fourth-order valence-electron chi connectivity index (χ4n) is 2.59. The van der Waals surface area contributed by atoms with Crippen LogP contribution in [0.5, 0.6) is 0 Å². The topological polar surface area (TPSA) is 83.9 Å². The summed E-state index contributed by atoms with van der Waals surface area (Å²) in [5.41, 5.74) is -2.18. The van der Waals surface area contributed by atoms with Gasteiger partial charge < -0.3 is 9.84 Å². The van der Waals surface area contributed by atoms with Crippen molar-refractivity contribution in [2.24, 2.45) is 0 Å². The fourth-order valence-corrected chi connectivity index (χ4v) is 13.4. The van der Waals surface area contributed by atoms with Crippen LogP contribution in [0.1, 0.15) is 59.4 Å². The molecule has 0 aliphatic heterocycles. The highest BCUT2D eigenvalue weighted by molar-refractivity contribution is 8.90. The average molecular weight is 476 g/mol. The number of hydrogen-bond donors (Lipinski definition) is 1. The third-order valence-electron chi connectivity index (χ3n) is 4.64. The number of amides is 1. The lowest BCUT2D eigenvalue weighted by Gasteiger charge is -2.32. The predicted molar refractivity (Wildman–Crippen MR) is 127 cm³/mol. The molecule has 0 aliphatic carbocycles. The van der Waals surface area contributed by atoms with Crippen LogP contribution in [0.4, 0.5) is 4.79 Å². The van der Waals surface area contributed by atoms with Crippen molar-refractivity contribution in [3.63, 3.8) is 0 Å². The van der Waals surface area contributed by atoms with E-state index in [1.807, 2.05) is 58.0 Å². The average Bonchev–Trinajstić information content (AvgIpc) is 2.71. The lowest BCUT2D eigenvalue weighted by Crippen LogP contribution is -2.45. The molecule has 0 saturated heterocycles. The van der Waals surface area contributed by atoms with Crippen molar-refractivity contribution >= 4 is 40.4 Å². The second-order valence-corrected chi connectivity index (χ2v) is 16.2. The number of hydrogen-bond acceptors (Lipinski definition) is 6. The Labute approximate surface area is 188 Å². The standard InChI is InChI=1S/C21H34NO5PS2/c1-6-16(4)29-28(26,30-17(5)7-2)15-22(19(8-3)20(23)24)21(25)27-14-18-12-10-9-11-13-18/h9-13,16-17,19H,6-8,14-15H2,1-5H3,(H,23,24). The Morgan fingerprint density at radius 2 is 1.57 bits per heavy atom. The van der Waals surface area contributed by atoms with Crippen molar-refractivity contribution < 1.29 is 24.0 Å². The lowest BCUT2D eigenvalue weighted by molar-refractivity contribution is -0.142. The molecule has 9 heteroatoms. The largest absolute Gasteiger partial charge is 0.480 e. The smallest absolute Gasteiger partial charge is 0.411 e. The van der Waals surface area contributed by atoms with Crippen LogP contribution in [0.3, 0.4) is 0 Å². The molecule has 1 aromatic rings. The van der Waals surface area contributed by atoms with Crippen LogP contribution in [-0.4, -0.2) is 44.9 Å². The van der Waals surface area contributed by atoms with Gasteiger partial charge in [0.15, 0.2) is 0 Å². The van der Waals surface area contributed by atoms with Gasteiger partial charge in [0.25, 0.3) is 0 Å². The van der Waals surface area contributed by atoms with E-state index in [4.69, 9.17) is 4.74 Å². The van der Waals surface area contributed by atoms with Crippen molar-refractivity contribution in [2.45, 2.75) is 77.0 Å².